The first-order valence-corrected chi connectivity index (χ1v) is 9.13. The second-order valence-corrected chi connectivity index (χ2v) is 8.53. The minimum atomic E-state index is -3.18. The smallest absolute Gasteiger partial charge is 0.158 e. The van der Waals surface area contributed by atoms with Crippen molar-refractivity contribution in [3.05, 3.63) is 35.9 Å². The lowest BCUT2D eigenvalue weighted by Crippen LogP contribution is -2.46. The molecule has 3 atom stereocenters. The van der Waals surface area contributed by atoms with Gasteiger partial charge in [-0.25, -0.2) is 8.42 Å². The maximum atomic E-state index is 12.7. The summed E-state index contributed by atoms with van der Waals surface area (Å²) in [5.74, 6) is 1.11. The monoisotopic (exact) mass is 295 g/mol. The fourth-order valence-corrected chi connectivity index (χ4v) is 5.20. The summed E-state index contributed by atoms with van der Waals surface area (Å²) in [6.07, 6.45) is 2.59. The van der Waals surface area contributed by atoms with Crippen molar-refractivity contribution in [2.24, 2.45) is 17.6 Å². The van der Waals surface area contributed by atoms with E-state index in [0.29, 0.717) is 18.3 Å². The van der Waals surface area contributed by atoms with Crippen molar-refractivity contribution in [3.8, 4) is 0 Å². The van der Waals surface area contributed by atoms with E-state index in [0.717, 1.165) is 18.4 Å². The van der Waals surface area contributed by atoms with Gasteiger partial charge in [-0.1, -0.05) is 44.2 Å². The zero-order valence-corrected chi connectivity index (χ0v) is 13.1. The molecule has 0 saturated heterocycles. The molecule has 2 N–H and O–H groups in total. The van der Waals surface area contributed by atoms with Crippen LogP contribution in [-0.2, 0) is 15.6 Å². The molecule has 4 heteroatoms. The van der Waals surface area contributed by atoms with Crippen molar-refractivity contribution >= 4 is 9.84 Å². The SMILES string of the molecule is CC(C)C1CCC(N)C(S(=O)(=O)Cc2ccccc2)C1. The second kappa shape index (κ2) is 6.27. The van der Waals surface area contributed by atoms with Gasteiger partial charge in [-0.3, -0.25) is 0 Å². The molecule has 1 aliphatic carbocycles. The number of sulfone groups is 1. The molecule has 3 nitrogen and oxygen atoms in total. The van der Waals surface area contributed by atoms with E-state index in [1.165, 1.54) is 0 Å². The average Bonchev–Trinajstić information content (AvgIpc) is 2.39. The highest BCUT2D eigenvalue weighted by Crippen LogP contribution is 2.33. The maximum Gasteiger partial charge on any atom is 0.158 e. The Bertz CT molecular complexity index is 525. The van der Waals surface area contributed by atoms with Gasteiger partial charge in [-0.05, 0) is 36.7 Å². The van der Waals surface area contributed by atoms with Gasteiger partial charge in [0.2, 0.25) is 0 Å². The van der Waals surface area contributed by atoms with Gasteiger partial charge in [-0.15, -0.1) is 0 Å². The van der Waals surface area contributed by atoms with E-state index >= 15 is 0 Å². The Morgan fingerprint density at radius 3 is 2.45 bits per heavy atom. The van der Waals surface area contributed by atoms with Gasteiger partial charge in [0, 0.05) is 6.04 Å². The van der Waals surface area contributed by atoms with E-state index in [4.69, 9.17) is 5.73 Å². The van der Waals surface area contributed by atoms with Crippen LogP contribution in [0, 0.1) is 11.8 Å². The van der Waals surface area contributed by atoms with Crippen molar-refractivity contribution in [1.29, 1.82) is 0 Å². The van der Waals surface area contributed by atoms with Crippen LogP contribution in [0.25, 0.3) is 0 Å². The predicted molar refractivity (Wildman–Crippen MR) is 83.0 cm³/mol. The summed E-state index contributed by atoms with van der Waals surface area (Å²) >= 11 is 0. The van der Waals surface area contributed by atoms with Crippen molar-refractivity contribution in [3.63, 3.8) is 0 Å². The first kappa shape index (κ1) is 15.5. The Balaban J connectivity index is 2.15. The molecule has 1 aromatic carbocycles. The van der Waals surface area contributed by atoms with E-state index in [9.17, 15) is 8.42 Å². The molecule has 1 aromatic rings. The molecule has 1 aliphatic rings. The van der Waals surface area contributed by atoms with E-state index < -0.39 is 9.84 Å². The molecular formula is C16H25NO2S. The molecular weight excluding hydrogens is 270 g/mol. The summed E-state index contributed by atoms with van der Waals surface area (Å²) in [6.45, 7) is 4.34. The third kappa shape index (κ3) is 3.61. The molecule has 1 saturated carbocycles. The van der Waals surface area contributed by atoms with Gasteiger partial charge in [0.15, 0.2) is 9.84 Å². The van der Waals surface area contributed by atoms with E-state index in [1.807, 2.05) is 30.3 Å². The Morgan fingerprint density at radius 2 is 1.85 bits per heavy atom. The molecule has 112 valence electrons. The van der Waals surface area contributed by atoms with E-state index in [-0.39, 0.29) is 17.0 Å². The van der Waals surface area contributed by atoms with Gasteiger partial charge in [-0.2, -0.15) is 0 Å². The maximum absolute atomic E-state index is 12.7. The fourth-order valence-electron chi connectivity index (χ4n) is 3.12. The van der Waals surface area contributed by atoms with Crippen LogP contribution in [0.3, 0.4) is 0 Å². The highest BCUT2D eigenvalue weighted by atomic mass is 32.2. The van der Waals surface area contributed by atoms with E-state index in [1.54, 1.807) is 0 Å². The van der Waals surface area contributed by atoms with Crippen molar-refractivity contribution < 1.29 is 8.42 Å². The summed E-state index contributed by atoms with van der Waals surface area (Å²) in [7, 11) is -3.18. The minimum absolute atomic E-state index is 0.108. The van der Waals surface area contributed by atoms with Crippen LogP contribution in [0.4, 0.5) is 0 Å². The zero-order valence-electron chi connectivity index (χ0n) is 12.3. The van der Waals surface area contributed by atoms with Gasteiger partial charge in [0.05, 0.1) is 11.0 Å². The van der Waals surface area contributed by atoms with Crippen LogP contribution < -0.4 is 5.73 Å². The van der Waals surface area contributed by atoms with Gasteiger partial charge < -0.3 is 5.73 Å². The lowest BCUT2D eigenvalue weighted by molar-refractivity contribution is 0.261. The molecule has 2 rings (SSSR count). The zero-order chi connectivity index (χ0) is 14.8. The predicted octanol–water partition coefficient (Wildman–Crippen LogP) is 2.75. The molecule has 0 spiro atoms. The third-order valence-corrected chi connectivity index (χ3v) is 6.70. The molecule has 0 aliphatic heterocycles. The van der Waals surface area contributed by atoms with Crippen LogP contribution in [0.2, 0.25) is 0 Å². The summed E-state index contributed by atoms with van der Waals surface area (Å²) in [5, 5.41) is -0.385. The normalized spacial score (nSPS) is 27.7. The first-order chi connectivity index (χ1) is 9.40. The van der Waals surface area contributed by atoms with Gasteiger partial charge >= 0.3 is 0 Å². The molecule has 0 bridgehead atoms. The van der Waals surface area contributed by atoms with Gasteiger partial charge in [0.25, 0.3) is 0 Å². The number of hydrogen-bond acceptors (Lipinski definition) is 3. The van der Waals surface area contributed by atoms with Crippen molar-refractivity contribution in [1.82, 2.24) is 0 Å². The molecule has 0 aromatic heterocycles. The van der Waals surface area contributed by atoms with Crippen LogP contribution in [-0.4, -0.2) is 19.7 Å². The molecule has 3 unspecified atom stereocenters. The molecule has 0 radical (unpaired) electrons. The van der Waals surface area contributed by atoms with Crippen LogP contribution in [0.15, 0.2) is 30.3 Å². The Kier molecular flexibility index (Phi) is 4.86. The molecule has 0 amide bonds. The second-order valence-electron chi connectivity index (χ2n) is 6.31. The summed E-state index contributed by atoms with van der Waals surface area (Å²) in [5.41, 5.74) is 6.96. The van der Waals surface area contributed by atoms with Crippen LogP contribution in [0.1, 0.15) is 38.7 Å². The Morgan fingerprint density at radius 1 is 1.20 bits per heavy atom. The quantitative estimate of drug-likeness (QED) is 0.929. The van der Waals surface area contributed by atoms with Gasteiger partial charge in [0.1, 0.15) is 0 Å². The average molecular weight is 295 g/mol. The number of nitrogens with two attached hydrogens (primary N) is 1. The lowest BCUT2D eigenvalue weighted by atomic mass is 9.79. The fraction of sp³-hybridized carbons (Fsp3) is 0.625. The summed E-state index contributed by atoms with van der Waals surface area (Å²) in [4.78, 5) is 0. The van der Waals surface area contributed by atoms with Crippen LogP contribution in [0.5, 0.6) is 0 Å². The topological polar surface area (TPSA) is 60.2 Å². The van der Waals surface area contributed by atoms with Crippen molar-refractivity contribution in [2.45, 2.75) is 50.2 Å². The Hall–Kier alpha value is -0.870. The molecule has 20 heavy (non-hydrogen) atoms. The van der Waals surface area contributed by atoms with E-state index in [2.05, 4.69) is 13.8 Å². The summed E-state index contributed by atoms with van der Waals surface area (Å²) in [6, 6.07) is 9.18. The Labute approximate surface area is 122 Å². The molecule has 1 fully saturated rings. The van der Waals surface area contributed by atoms with Crippen molar-refractivity contribution in [2.75, 3.05) is 0 Å². The summed E-state index contributed by atoms with van der Waals surface area (Å²) < 4.78 is 25.3. The third-order valence-electron chi connectivity index (χ3n) is 4.50. The highest BCUT2D eigenvalue weighted by Gasteiger charge is 2.37. The number of benzene rings is 1. The number of rotatable bonds is 4. The molecule has 0 heterocycles. The largest absolute Gasteiger partial charge is 0.327 e. The standard InChI is InChI=1S/C16H25NO2S/c1-12(2)14-8-9-15(17)16(10-14)20(18,19)11-13-6-4-3-5-7-13/h3-7,12,14-16H,8-11,17H2,1-2H3. The minimum Gasteiger partial charge on any atom is -0.327 e. The number of hydrogen-bond donors (Lipinski definition) is 1. The van der Waals surface area contributed by atoms with Crippen LogP contribution >= 0.6 is 0 Å². The highest BCUT2D eigenvalue weighted by molar-refractivity contribution is 7.91. The first-order valence-electron chi connectivity index (χ1n) is 7.41. The lowest BCUT2D eigenvalue weighted by Gasteiger charge is -2.35.